The van der Waals surface area contributed by atoms with Gasteiger partial charge in [-0.3, -0.25) is 9.69 Å². The van der Waals surface area contributed by atoms with Crippen LogP contribution in [-0.2, 0) is 9.53 Å². The first-order chi connectivity index (χ1) is 14.2. The summed E-state index contributed by atoms with van der Waals surface area (Å²) in [6.45, 7) is 8.22. The molecule has 4 aliphatic rings. The van der Waals surface area contributed by atoms with Gasteiger partial charge in [0.05, 0.1) is 5.41 Å². The van der Waals surface area contributed by atoms with Crippen molar-refractivity contribution in [1.82, 2.24) is 4.90 Å². The predicted octanol–water partition coefficient (Wildman–Crippen LogP) is 3.67. The fourth-order valence-electron chi connectivity index (χ4n) is 6.13. The van der Waals surface area contributed by atoms with E-state index in [0.717, 1.165) is 70.3 Å². The fourth-order valence-corrected chi connectivity index (χ4v) is 6.13. The number of rotatable bonds is 3. The molecule has 0 N–H and O–H groups in total. The van der Waals surface area contributed by atoms with Crippen molar-refractivity contribution in [2.75, 3.05) is 49.2 Å². The molecule has 1 aromatic carbocycles. The van der Waals surface area contributed by atoms with Gasteiger partial charge in [-0.15, -0.1) is 0 Å². The van der Waals surface area contributed by atoms with Crippen molar-refractivity contribution in [3.05, 3.63) is 24.3 Å². The van der Waals surface area contributed by atoms with Gasteiger partial charge < -0.3 is 14.5 Å². The molecule has 0 bridgehead atoms. The summed E-state index contributed by atoms with van der Waals surface area (Å²) in [5.41, 5.74) is 2.19. The van der Waals surface area contributed by atoms with Gasteiger partial charge in [-0.05, 0) is 82.7 Å². The molecule has 5 heteroatoms. The molecule has 1 amide bonds. The molecule has 4 heterocycles. The van der Waals surface area contributed by atoms with Gasteiger partial charge in [-0.2, -0.15) is 0 Å². The Hall–Kier alpha value is -1.59. The van der Waals surface area contributed by atoms with Gasteiger partial charge in [0.25, 0.3) is 0 Å². The summed E-state index contributed by atoms with van der Waals surface area (Å²) >= 11 is 0. The summed E-state index contributed by atoms with van der Waals surface area (Å²) in [6.07, 6.45) is 7.84. The number of carbonyl (C=O) groups excluding carboxylic acids is 1. The minimum atomic E-state index is -0.177. The topological polar surface area (TPSA) is 36.0 Å². The quantitative estimate of drug-likeness (QED) is 0.780. The van der Waals surface area contributed by atoms with Crippen LogP contribution in [0.2, 0.25) is 0 Å². The number of amides is 1. The lowest BCUT2D eigenvalue weighted by Crippen LogP contribution is -2.51. The van der Waals surface area contributed by atoms with E-state index in [0.29, 0.717) is 11.9 Å². The highest BCUT2D eigenvalue weighted by Crippen LogP contribution is 2.42. The second-order valence-corrected chi connectivity index (χ2v) is 9.59. The molecule has 5 nitrogen and oxygen atoms in total. The summed E-state index contributed by atoms with van der Waals surface area (Å²) in [4.78, 5) is 20.6. The Kier molecular flexibility index (Phi) is 5.29. The van der Waals surface area contributed by atoms with Gasteiger partial charge in [0.15, 0.2) is 0 Å². The first-order valence-electron chi connectivity index (χ1n) is 11.7. The summed E-state index contributed by atoms with van der Waals surface area (Å²) < 4.78 is 5.53. The molecular formula is C24H35N3O2. The van der Waals surface area contributed by atoms with Crippen LogP contribution < -0.4 is 9.80 Å². The Labute approximate surface area is 175 Å². The molecule has 4 aliphatic heterocycles. The van der Waals surface area contributed by atoms with Crippen molar-refractivity contribution < 1.29 is 9.53 Å². The van der Waals surface area contributed by atoms with E-state index in [1.165, 1.54) is 31.5 Å². The third-order valence-electron chi connectivity index (χ3n) is 7.95. The van der Waals surface area contributed by atoms with Crippen LogP contribution in [0.3, 0.4) is 0 Å². The maximum absolute atomic E-state index is 13.3. The number of anilines is 2. The molecule has 158 valence electrons. The SMILES string of the molecule is C[C@H]1CCCN1[C@@H]1CCN(c2ccc(N3CCCC4(CCOCC4)C3=O)cc2)C1. The summed E-state index contributed by atoms with van der Waals surface area (Å²) in [7, 11) is 0. The Morgan fingerprint density at radius 2 is 1.69 bits per heavy atom. The Balaban J connectivity index is 1.26. The van der Waals surface area contributed by atoms with Crippen LogP contribution in [0.4, 0.5) is 11.4 Å². The average Bonchev–Trinajstić information content (AvgIpc) is 3.40. The number of carbonyl (C=O) groups is 1. The van der Waals surface area contributed by atoms with Crippen molar-refractivity contribution in [3.63, 3.8) is 0 Å². The molecule has 29 heavy (non-hydrogen) atoms. The average molecular weight is 398 g/mol. The second kappa shape index (κ2) is 7.92. The normalized spacial score (nSPS) is 30.4. The first-order valence-corrected chi connectivity index (χ1v) is 11.7. The minimum Gasteiger partial charge on any atom is -0.381 e. The highest BCUT2D eigenvalue weighted by Gasteiger charge is 2.45. The molecule has 0 unspecified atom stereocenters. The van der Waals surface area contributed by atoms with Crippen LogP contribution in [0, 0.1) is 5.41 Å². The second-order valence-electron chi connectivity index (χ2n) is 9.59. The van der Waals surface area contributed by atoms with Crippen molar-refractivity contribution in [2.24, 2.45) is 5.41 Å². The van der Waals surface area contributed by atoms with Crippen LogP contribution in [0.5, 0.6) is 0 Å². The highest BCUT2D eigenvalue weighted by molar-refractivity contribution is 5.98. The summed E-state index contributed by atoms with van der Waals surface area (Å²) in [5, 5.41) is 0. The van der Waals surface area contributed by atoms with Crippen LogP contribution in [0.1, 0.15) is 51.9 Å². The van der Waals surface area contributed by atoms with Crippen molar-refractivity contribution in [1.29, 1.82) is 0 Å². The zero-order valence-electron chi connectivity index (χ0n) is 17.8. The van der Waals surface area contributed by atoms with Crippen LogP contribution in [0.25, 0.3) is 0 Å². The lowest BCUT2D eigenvalue weighted by atomic mass is 9.73. The number of hydrogen-bond acceptors (Lipinski definition) is 4. The largest absolute Gasteiger partial charge is 0.381 e. The Bertz CT molecular complexity index is 723. The first kappa shape index (κ1) is 19.4. The summed E-state index contributed by atoms with van der Waals surface area (Å²) in [6, 6.07) is 10.2. The summed E-state index contributed by atoms with van der Waals surface area (Å²) in [5.74, 6) is 0.323. The number of benzene rings is 1. The van der Waals surface area contributed by atoms with Crippen LogP contribution >= 0.6 is 0 Å². The van der Waals surface area contributed by atoms with Gasteiger partial charge in [-0.1, -0.05) is 0 Å². The lowest BCUT2D eigenvalue weighted by molar-refractivity contribution is -0.136. The van der Waals surface area contributed by atoms with E-state index in [1.807, 2.05) is 4.90 Å². The smallest absolute Gasteiger partial charge is 0.233 e. The molecule has 0 aliphatic carbocycles. The van der Waals surface area contributed by atoms with Crippen LogP contribution in [-0.4, -0.2) is 62.3 Å². The van der Waals surface area contributed by atoms with E-state index in [9.17, 15) is 4.79 Å². The molecule has 1 spiro atoms. The van der Waals surface area contributed by atoms with Crippen LogP contribution in [0.15, 0.2) is 24.3 Å². The number of hydrogen-bond donors (Lipinski definition) is 0. The predicted molar refractivity (Wildman–Crippen MR) is 117 cm³/mol. The maximum atomic E-state index is 13.3. The molecule has 0 saturated carbocycles. The highest BCUT2D eigenvalue weighted by atomic mass is 16.5. The molecule has 4 fully saturated rings. The van der Waals surface area contributed by atoms with Crippen molar-refractivity contribution in [3.8, 4) is 0 Å². The van der Waals surface area contributed by atoms with E-state index in [-0.39, 0.29) is 5.41 Å². The van der Waals surface area contributed by atoms with E-state index >= 15 is 0 Å². The Morgan fingerprint density at radius 3 is 2.41 bits per heavy atom. The lowest BCUT2D eigenvalue weighted by Gasteiger charge is -2.43. The van der Waals surface area contributed by atoms with Gasteiger partial charge >= 0.3 is 0 Å². The number of piperidine rings is 1. The van der Waals surface area contributed by atoms with Gasteiger partial charge in [0.2, 0.25) is 5.91 Å². The standard InChI is InChI=1S/C24H35N3O2/c1-19-4-2-13-26(19)22-9-15-25(18-22)20-5-7-21(8-6-20)27-14-3-10-24(23(27)28)11-16-29-17-12-24/h5-8,19,22H,2-4,9-18H2,1H3/t19-,22+/m0/s1. The zero-order chi connectivity index (χ0) is 19.8. The van der Waals surface area contributed by atoms with Gasteiger partial charge in [-0.25, -0.2) is 0 Å². The minimum absolute atomic E-state index is 0.177. The van der Waals surface area contributed by atoms with Gasteiger partial charge in [0.1, 0.15) is 0 Å². The zero-order valence-corrected chi connectivity index (χ0v) is 17.8. The molecule has 4 saturated heterocycles. The van der Waals surface area contributed by atoms with Crippen molar-refractivity contribution >= 4 is 17.3 Å². The van der Waals surface area contributed by atoms with Gasteiger partial charge in [0, 0.05) is 56.3 Å². The van der Waals surface area contributed by atoms with E-state index in [4.69, 9.17) is 4.74 Å². The number of ether oxygens (including phenoxy) is 1. The third-order valence-corrected chi connectivity index (χ3v) is 7.95. The van der Waals surface area contributed by atoms with Crippen molar-refractivity contribution in [2.45, 2.75) is 64.0 Å². The number of nitrogens with zero attached hydrogens (tertiary/aromatic N) is 3. The molecular weight excluding hydrogens is 362 g/mol. The fraction of sp³-hybridized carbons (Fsp3) is 0.708. The maximum Gasteiger partial charge on any atom is 0.233 e. The van der Waals surface area contributed by atoms with E-state index in [2.05, 4.69) is 41.0 Å². The monoisotopic (exact) mass is 397 g/mol. The van der Waals surface area contributed by atoms with E-state index in [1.54, 1.807) is 0 Å². The molecule has 0 aromatic heterocycles. The van der Waals surface area contributed by atoms with E-state index < -0.39 is 0 Å². The third kappa shape index (κ3) is 3.57. The molecule has 5 rings (SSSR count). The number of likely N-dealkylation sites (tertiary alicyclic amines) is 1. The molecule has 2 atom stereocenters. The molecule has 1 aromatic rings. The Morgan fingerprint density at radius 1 is 0.931 bits per heavy atom. The molecule has 0 radical (unpaired) electrons.